The van der Waals surface area contributed by atoms with Gasteiger partial charge in [0, 0.05) is 36.3 Å². The van der Waals surface area contributed by atoms with Gasteiger partial charge < -0.3 is 4.74 Å². The summed E-state index contributed by atoms with van der Waals surface area (Å²) in [5.74, 6) is 0.901. The number of fused-ring (bicyclic) bond motifs is 1. The lowest BCUT2D eigenvalue weighted by Crippen LogP contribution is -2.31. The van der Waals surface area contributed by atoms with E-state index < -0.39 is 0 Å². The van der Waals surface area contributed by atoms with E-state index in [9.17, 15) is 0 Å². The molecule has 0 atom stereocenters. The summed E-state index contributed by atoms with van der Waals surface area (Å²) >= 11 is 0. The zero-order valence-electron chi connectivity index (χ0n) is 14.6. The van der Waals surface area contributed by atoms with Crippen LogP contribution in [0, 0.1) is 0 Å². The van der Waals surface area contributed by atoms with Crippen molar-refractivity contribution in [3.05, 3.63) is 35.5 Å². The van der Waals surface area contributed by atoms with E-state index in [1.807, 2.05) is 12.1 Å². The Labute approximate surface area is 138 Å². The van der Waals surface area contributed by atoms with Gasteiger partial charge in [0.1, 0.15) is 11.4 Å². The largest absolute Gasteiger partial charge is 0.488 e. The Morgan fingerprint density at radius 3 is 2.61 bits per heavy atom. The van der Waals surface area contributed by atoms with Gasteiger partial charge >= 0.3 is 0 Å². The SMILES string of the molecule is CCCN1CCc2[nH]nc(-c3ccc(OC(C)(C)C)cc3)c2C1. The number of hydrogen-bond acceptors (Lipinski definition) is 3. The minimum absolute atomic E-state index is 0.173. The Morgan fingerprint density at radius 1 is 1.22 bits per heavy atom. The van der Waals surface area contributed by atoms with E-state index in [2.05, 4.69) is 54.9 Å². The van der Waals surface area contributed by atoms with Crippen LogP contribution in [0.1, 0.15) is 45.4 Å². The summed E-state index contributed by atoms with van der Waals surface area (Å²) in [6.45, 7) is 11.7. The van der Waals surface area contributed by atoms with Gasteiger partial charge in [-0.1, -0.05) is 6.92 Å². The van der Waals surface area contributed by atoms with Crippen LogP contribution in [-0.2, 0) is 13.0 Å². The van der Waals surface area contributed by atoms with E-state index in [1.54, 1.807) is 0 Å². The van der Waals surface area contributed by atoms with Gasteiger partial charge in [0.25, 0.3) is 0 Å². The van der Waals surface area contributed by atoms with Crippen molar-refractivity contribution < 1.29 is 4.74 Å². The summed E-state index contributed by atoms with van der Waals surface area (Å²) < 4.78 is 5.90. The molecule has 4 heteroatoms. The fourth-order valence-corrected chi connectivity index (χ4v) is 3.13. The topological polar surface area (TPSA) is 41.2 Å². The molecule has 0 unspecified atom stereocenters. The predicted octanol–water partition coefficient (Wildman–Crippen LogP) is 4.02. The Balaban J connectivity index is 1.82. The molecule has 0 radical (unpaired) electrons. The molecule has 1 aliphatic rings. The molecule has 0 saturated heterocycles. The molecule has 2 aromatic rings. The summed E-state index contributed by atoms with van der Waals surface area (Å²) in [5.41, 5.74) is 4.72. The Hall–Kier alpha value is -1.81. The van der Waals surface area contributed by atoms with Crippen LogP contribution < -0.4 is 4.74 Å². The van der Waals surface area contributed by atoms with Gasteiger partial charge in [-0.2, -0.15) is 5.10 Å². The molecule has 3 rings (SSSR count). The molecule has 2 heterocycles. The second-order valence-corrected chi connectivity index (χ2v) is 7.29. The van der Waals surface area contributed by atoms with Crippen LogP contribution in [0.4, 0.5) is 0 Å². The van der Waals surface area contributed by atoms with Crippen molar-refractivity contribution in [2.75, 3.05) is 13.1 Å². The number of H-pyrrole nitrogens is 1. The molecule has 1 aromatic heterocycles. The fraction of sp³-hybridized carbons (Fsp3) is 0.526. The Kier molecular flexibility index (Phi) is 4.44. The van der Waals surface area contributed by atoms with Crippen LogP contribution in [0.5, 0.6) is 5.75 Å². The smallest absolute Gasteiger partial charge is 0.120 e. The van der Waals surface area contributed by atoms with E-state index in [-0.39, 0.29) is 5.60 Å². The lowest BCUT2D eigenvalue weighted by atomic mass is 10.0. The molecule has 0 spiro atoms. The standard InChI is InChI=1S/C19H27N3O/c1-5-11-22-12-10-17-16(13-22)18(21-20-17)14-6-8-15(9-7-14)23-19(2,3)4/h6-9H,5,10-13H2,1-4H3,(H,20,21). The molecule has 1 aromatic carbocycles. The minimum atomic E-state index is -0.173. The van der Waals surface area contributed by atoms with Gasteiger partial charge in [0.2, 0.25) is 0 Å². The maximum absolute atomic E-state index is 5.90. The minimum Gasteiger partial charge on any atom is -0.488 e. The highest BCUT2D eigenvalue weighted by molar-refractivity contribution is 5.65. The first-order valence-corrected chi connectivity index (χ1v) is 8.54. The predicted molar refractivity (Wildman–Crippen MR) is 93.7 cm³/mol. The van der Waals surface area contributed by atoms with E-state index in [1.165, 1.54) is 17.7 Å². The highest BCUT2D eigenvalue weighted by Gasteiger charge is 2.22. The van der Waals surface area contributed by atoms with Gasteiger partial charge in [0.15, 0.2) is 0 Å². The van der Waals surface area contributed by atoms with E-state index in [0.29, 0.717) is 0 Å². The molecule has 0 amide bonds. The second-order valence-electron chi connectivity index (χ2n) is 7.29. The van der Waals surface area contributed by atoms with Crippen LogP contribution in [0.3, 0.4) is 0 Å². The summed E-state index contributed by atoms with van der Waals surface area (Å²) in [5, 5.41) is 7.81. The number of aromatic nitrogens is 2. The molecule has 0 bridgehead atoms. The van der Waals surface area contributed by atoms with Gasteiger partial charge in [-0.3, -0.25) is 10.00 Å². The van der Waals surface area contributed by atoms with E-state index in [4.69, 9.17) is 4.74 Å². The van der Waals surface area contributed by atoms with Gasteiger partial charge in [-0.05, 0) is 58.0 Å². The Bertz CT molecular complexity index is 652. The lowest BCUT2D eigenvalue weighted by Gasteiger charge is -2.26. The summed E-state index contributed by atoms with van der Waals surface area (Å²) in [7, 11) is 0. The highest BCUT2D eigenvalue weighted by Crippen LogP contribution is 2.30. The first kappa shape index (κ1) is 16.1. The molecule has 0 aliphatic carbocycles. The van der Waals surface area contributed by atoms with Gasteiger partial charge in [0.05, 0.1) is 5.69 Å². The van der Waals surface area contributed by atoms with E-state index >= 15 is 0 Å². The Morgan fingerprint density at radius 2 is 1.96 bits per heavy atom. The maximum Gasteiger partial charge on any atom is 0.120 e. The lowest BCUT2D eigenvalue weighted by molar-refractivity contribution is 0.131. The molecule has 4 nitrogen and oxygen atoms in total. The van der Waals surface area contributed by atoms with Crippen molar-refractivity contribution in [2.24, 2.45) is 0 Å². The average Bonchev–Trinajstić information content (AvgIpc) is 2.90. The van der Waals surface area contributed by atoms with Gasteiger partial charge in [-0.25, -0.2) is 0 Å². The van der Waals surface area contributed by atoms with Crippen LogP contribution in [0.15, 0.2) is 24.3 Å². The molecule has 124 valence electrons. The van der Waals surface area contributed by atoms with Crippen molar-refractivity contribution >= 4 is 0 Å². The van der Waals surface area contributed by atoms with Crippen LogP contribution in [-0.4, -0.2) is 33.8 Å². The third-order valence-corrected chi connectivity index (χ3v) is 4.10. The number of benzene rings is 1. The quantitative estimate of drug-likeness (QED) is 0.927. The van der Waals surface area contributed by atoms with Crippen LogP contribution in [0.25, 0.3) is 11.3 Å². The molecular weight excluding hydrogens is 286 g/mol. The number of nitrogens with one attached hydrogen (secondary N) is 1. The normalized spacial score (nSPS) is 15.5. The first-order chi connectivity index (χ1) is 11.0. The van der Waals surface area contributed by atoms with Crippen molar-refractivity contribution in [2.45, 2.75) is 52.7 Å². The third kappa shape index (κ3) is 3.75. The van der Waals surface area contributed by atoms with Crippen molar-refractivity contribution in [1.82, 2.24) is 15.1 Å². The number of nitrogens with zero attached hydrogens (tertiary/aromatic N) is 2. The van der Waals surface area contributed by atoms with Crippen molar-refractivity contribution in [1.29, 1.82) is 0 Å². The molecule has 23 heavy (non-hydrogen) atoms. The summed E-state index contributed by atoms with van der Waals surface area (Å²) in [6.07, 6.45) is 2.26. The molecule has 1 aliphatic heterocycles. The molecule has 0 saturated carbocycles. The molecule has 0 fully saturated rings. The van der Waals surface area contributed by atoms with Crippen LogP contribution >= 0.6 is 0 Å². The summed E-state index contributed by atoms with van der Waals surface area (Å²) in [4.78, 5) is 2.51. The highest BCUT2D eigenvalue weighted by atomic mass is 16.5. The van der Waals surface area contributed by atoms with E-state index in [0.717, 1.165) is 43.1 Å². The third-order valence-electron chi connectivity index (χ3n) is 4.10. The zero-order valence-corrected chi connectivity index (χ0v) is 14.6. The van der Waals surface area contributed by atoms with Gasteiger partial charge in [-0.15, -0.1) is 0 Å². The van der Waals surface area contributed by atoms with Crippen molar-refractivity contribution in [3.63, 3.8) is 0 Å². The number of ether oxygens (including phenoxy) is 1. The number of rotatable bonds is 4. The maximum atomic E-state index is 5.90. The fourth-order valence-electron chi connectivity index (χ4n) is 3.13. The second kappa shape index (κ2) is 6.36. The summed E-state index contributed by atoms with van der Waals surface area (Å²) in [6, 6.07) is 8.29. The van der Waals surface area contributed by atoms with Crippen LogP contribution in [0.2, 0.25) is 0 Å². The number of aromatic amines is 1. The monoisotopic (exact) mass is 313 g/mol. The molecular formula is C19H27N3O. The zero-order chi connectivity index (χ0) is 16.4. The first-order valence-electron chi connectivity index (χ1n) is 8.54. The molecule has 1 N–H and O–H groups in total. The average molecular weight is 313 g/mol. The van der Waals surface area contributed by atoms with Crippen molar-refractivity contribution in [3.8, 4) is 17.0 Å². The number of hydrogen-bond donors (Lipinski definition) is 1.